The molecule has 1 unspecified atom stereocenters. The Morgan fingerprint density at radius 1 is 1.24 bits per heavy atom. The Kier molecular flexibility index (Phi) is 5.14. The number of aliphatic hydroxyl groups excluding tert-OH is 1. The van der Waals surface area contributed by atoms with Gasteiger partial charge in [0.15, 0.2) is 0 Å². The van der Waals surface area contributed by atoms with Crippen LogP contribution in [0.15, 0.2) is 48.5 Å². The second-order valence-corrected chi connectivity index (χ2v) is 4.84. The molecular weight excluding hydrogens is 295 g/mol. The van der Waals surface area contributed by atoms with E-state index in [4.69, 9.17) is 11.6 Å². The molecule has 6 heteroatoms. The standard InChI is InChI=1S/C15H14ClFN2O2/c16-12-7-6-11(8-13(12)17)18-19-15(21)9-14(20)10-4-2-1-3-5-10/h1-8,14,18,20H,9H2,(H,19,21). The summed E-state index contributed by atoms with van der Waals surface area (Å²) >= 11 is 5.56. The summed E-state index contributed by atoms with van der Waals surface area (Å²) in [5, 5.41) is 9.91. The van der Waals surface area contributed by atoms with Crippen LogP contribution < -0.4 is 10.9 Å². The van der Waals surface area contributed by atoms with Crippen molar-refractivity contribution in [2.24, 2.45) is 0 Å². The zero-order valence-electron chi connectivity index (χ0n) is 11.0. The topological polar surface area (TPSA) is 61.4 Å². The lowest BCUT2D eigenvalue weighted by molar-refractivity contribution is -0.122. The number of benzene rings is 2. The Hall–Kier alpha value is -2.11. The van der Waals surface area contributed by atoms with E-state index < -0.39 is 17.8 Å². The predicted octanol–water partition coefficient (Wildman–Crippen LogP) is 3.05. The lowest BCUT2D eigenvalue weighted by Gasteiger charge is -2.12. The number of carbonyl (C=O) groups is 1. The molecule has 21 heavy (non-hydrogen) atoms. The van der Waals surface area contributed by atoms with Gasteiger partial charge in [-0.05, 0) is 17.7 Å². The maximum absolute atomic E-state index is 13.2. The predicted molar refractivity (Wildman–Crippen MR) is 79.2 cm³/mol. The molecule has 0 aliphatic heterocycles. The third kappa shape index (κ3) is 4.44. The summed E-state index contributed by atoms with van der Waals surface area (Å²) in [6.07, 6.45) is -0.998. The number of hydrogen-bond donors (Lipinski definition) is 3. The first kappa shape index (κ1) is 15.3. The number of anilines is 1. The molecule has 0 spiro atoms. The summed E-state index contributed by atoms with van der Waals surface area (Å²) < 4.78 is 13.2. The van der Waals surface area contributed by atoms with Crippen molar-refractivity contribution < 1.29 is 14.3 Å². The van der Waals surface area contributed by atoms with Crippen LogP contribution in [0.4, 0.5) is 10.1 Å². The molecular formula is C15H14ClFN2O2. The zero-order valence-corrected chi connectivity index (χ0v) is 11.8. The molecule has 2 aromatic carbocycles. The largest absolute Gasteiger partial charge is 0.388 e. The van der Waals surface area contributed by atoms with Gasteiger partial charge in [0.1, 0.15) is 5.82 Å². The van der Waals surface area contributed by atoms with E-state index in [0.29, 0.717) is 11.3 Å². The van der Waals surface area contributed by atoms with Crippen molar-refractivity contribution in [1.82, 2.24) is 5.43 Å². The molecule has 0 aliphatic rings. The van der Waals surface area contributed by atoms with Crippen LogP contribution in [0.2, 0.25) is 5.02 Å². The SMILES string of the molecule is O=C(CC(O)c1ccccc1)NNc1ccc(Cl)c(F)c1. The van der Waals surface area contributed by atoms with Crippen LogP contribution in [0, 0.1) is 5.82 Å². The fraction of sp³-hybridized carbons (Fsp3) is 0.133. The van der Waals surface area contributed by atoms with Gasteiger partial charge in [-0.3, -0.25) is 15.6 Å². The number of hydrazine groups is 1. The normalized spacial score (nSPS) is 11.8. The van der Waals surface area contributed by atoms with Gasteiger partial charge in [0.2, 0.25) is 5.91 Å². The van der Waals surface area contributed by atoms with Crippen LogP contribution in [0.25, 0.3) is 0 Å². The smallest absolute Gasteiger partial charge is 0.241 e. The van der Waals surface area contributed by atoms with Crippen molar-refractivity contribution in [2.75, 3.05) is 5.43 Å². The van der Waals surface area contributed by atoms with Gasteiger partial charge in [-0.15, -0.1) is 0 Å². The van der Waals surface area contributed by atoms with Gasteiger partial charge < -0.3 is 5.11 Å². The number of nitrogens with one attached hydrogen (secondary N) is 2. The quantitative estimate of drug-likeness (QED) is 0.744. The lowest BCUT2D eigenvalue weighted by atomic mass is 10.1. The average molecular weight is 309 g/mol. The summed E-state index contributed by atoms with van der Waals surface area (Å²) in [7, 11) is 0. The number of hydrogen-bond acceptors (Lipinski definition) is 3. The van der Waals surface area contributed by atoms with Gasteiger partial charge in [0, 0.05) is 6.07 Å². The Bertz CT molecular complexity index is 622. The third-order valence-corrected chi connectivity index (χ3v) is 3.14. The van der Waals surface area contributed by atoms with Gasteiger partial charge in [-0.25, -0.2) is 4.39 Å². The first-order valence-corrected chi connectivity index (χ1v) is 6.67. The molecule has 0 fully saturated rings. The van der Waals surface area contributed by atoms with E-state index in [-0.39, 0.29) is 11.4 Å². The number of amides is 1. The third-order valence-electron chi connectivity index (χ3n) is 2.83. The molecule has 3 N–H and O–H groups in total. The molecule has 0 saturated carbocycles. The van der Waals surface area contributed by atoms with Crippen molar-refractivity contribution in [3.05, 3.63) is 64.9 Å². The van der Waals surface area contributed by atoms with Gasteiger partial charge in [0.25, 0.3) is 0 Å². The second kappa shape index (κ2) is 7.06. The van der Waals surface area contributed by atoms with E-state index in [9.17, 15) is 14.3 Å². The summed E-state index contributed by atoms with van der Waals surface area (Å²) in [4.78, 5) is 11.7. The summed E-state index contributed by atoms with van der Waals surface area (Å²) in [6.45, 7) is 0. The zero-order chi connectivity index (χ0) is 15.2. The van der Waals surface area contributed by atoms with Crippen LogP contribution in [0.5, 0.6) is 0 Å². The fourth-order valence-electron chi connectivity index (χ4n) is 1.74. The van der Waals surface area contributed by atoms with Crippen LogP contribution in [0.1, 0.15) is 18.1 Å². The minimum Gasteiger partial charge on any atom is -0.388 e. The highest BCUT2D eigenvalue weighted by atomic mass is 35.5. The van der Waals surface area contributed by atoms with Gasteiger partial charge in [-0.1, -0.05) is 41.9 Å². The van der Waals surface area contributed by atoms with Crippen LogP contribution in [0.3, 0.4) is 0 Å². The Labute approximate surface area is 126 Å². The second-order valence-electron chi connectivity index (χ2n) is 4.43. The Morgan fingerprint density at radius 2 is 1.95 bits per heavy atom. The highest BCUT2D eigenvalue weighted by molar-refractivity contribution is 6.30. The van der Waals surface area contributed by atoms with Crippen molar-refractivity contribution in [1.29, 1.82) is 0 Å². The highest BCUT2D eigenvalue weighted by Gasteiger charge is 2.12. The van der Waals surface area contributed by atoms with E-state index in [1.807, 2.05) is 6.07 Å². The van der Waals surface area contributed by atoms with Crippen molar-refractivity contribution in [3.63, 3.8) is 0 Å². The Morgan fingerprint density at radius 3 is 2.62 bits per heavy atom. The fourth-order valence-corrected chi connectivity index (χ4v) is 1.85. The summed E-state index contributed by atoms with van der Waals surface area (Å²) in [5.74, 6) is -0.998. The minimum atomic E-state index is -0.894. The van der Waals surface area contributed by atoms with Crippen LogP contribution in [-0.2, 0) is 4.79 Å². The van der Waals surface area contributed by atoms with Gasteiger partial charge >= 0.3 is 0 Å². The molecule has 0 bridgehead atoms. The first-order chi connectivity index (χ1) is 10.1. The van der Waals surface area contributed by atoms with Crippen LogP contribution in [-0.4, -0.2) is 11.0 Å². The van der Waals surface area contributed by atoms with E-state index in [1.54, 1.807) is 24.3 Å². The van der Waals surface area contributed by atoms with Crippen molar-refractivity contribution in [2.45, 2.75) is 12.5 Å². The maximum Gasteiger partial charge on any atom is 0.241 e. The van der Waals surface area contributed by atoms with Crippen molar-refractivity contribution >= 4 is 23.2 Å². The lowest BCUT2D eigenvalue weighted by Crippen LogP contribution is -2.30. The van der Waals surface area contributed by atoms with Gasteiger partial charge in [-0.2, -0.15) is 0 Å². The molecule has 0 saturated heterocycles. The van der Waals surface area contributed by atoms with E-state index in [0.717, 1.165) is 6.07 Å². The number of carbonyl (C=O) groups excluding carboxylic acids is 1. The van der Waals surface area contributed by atoms with Crippen molar-refractivity contribution in [3.8, 4) is 0 Å². The molecule has 2 aromatic rings. The molecule has 0 heterocycles. The Balaban J connectivity index is 1.86. The number of aliphatic hydroxyl groups is 1. The molecule has 1 atom stereocenters. The van der Waals surface area contributed by atoms with Crippen LogP contribution >= 0.6 is 11.6 Å². The highest BCUT2D eigenvalue weighted by Crippen LogP contribution is 2.18. The minimum absolute atomic E-state index is 0.00590. The number of halogens is 2. The van der Waals surface area contributed by atoms with E-state index >= 15 is 0 Å². The molecule has 0 aliphatic carbocycles. The summed E-state index contributed by atoms with van der Waals surface area (Å²) in [6, 6.07) is 12.9. The number of rotatable bonds is 5. The molecule has 0 aromatic heterocycles. The maximum atomic E-state index is 13.2. The summed E-state index contributed by atoms with van der Waals surface area (Å²) in [5.41, 5.74) is 5.97. The molecule has 4 nitrogen and oxygen atoms in total. The molecule has 0 radical (unpaired) electrons. The first-order valence-electron chi connectivity index (χ1n) is 6.29. The molecule has 2 rings (SSSR count). The molecule has 1 amide bonds. The molecule has 110 valence electrons. The monoisotopic (exact) mass is 308 g/mol. The van der Waals surface area contributed by atoms with E-state index in [1.165, 1.54) is 12.1 Å². The van der Waals surface area contributed by atoms with E-state index in [2.05, 4.69) is 10.9 Å². The van der Waals surface area contributed by atoms with Gasteiger partial charge in [0.05, 0.1) is 23.2 Å². The average Bonchev–Trinajstić information content (AvgIpc) is 2.49.